The van der Waals surface area contributed by atoms with Crippen LogP contribution in [-0.2, 0) is 17.4 Å². The van der Waals surface area contributed by atoms with Gasteiger partial charge in [0.15, 0.2) is 6.10 Å². The van der Waals surface area contributed by atoms with Crippen LogP contribution in [0.15, 0.2) is 60.8 Å². The van der Waals surface area contributed by atoms with Crippen LogP contribution in [-0.4, -0.2) is 22.5 Å². The molecule has 0 unspecified atom stereocenters. The van der Waals surface area contributed by atoms with Crippen molar-refractivity contribution in [2.24, 2.45) is 0 Å². The van der Waals surface area contributed by atoms with Crippen LogP contribution in [0.25, 0.3) is 0 Å². The van der Waals surface area contributed by atoms with E-state index >= 15 is 0 Å². The number of nitrogens with zero attached hydrogens (tertiary/aromatic N) is 2. The average Bonchev–Trinajstić information content (AvgIpc) is 2.76. The van der Waals surface area contributed by atoms with Gasteiger partial charge in [-0.25, -0.2) is 8.78 Å². The Balaban J connectivity index is 1.86. The van der Waals surface area contributed by atoms with Crippen LogP contribution in [0.4, 0.5) is 27.6 Å². The number of carbonyl (C=O) groups is 1. The van der Waals surface area contributed by atoms with Gasteiger partial charge in [0.1, 0.15) is 11.6 Å². The molecule has 3 aromatic rings. The van der Waals surface area contributed by atoms with Gasteiger partial charge in [-0.2, -0.15) is 13.2 Å². The van der Waals surface area contributed by atoms with Gasteiger partial charge in [0.2, 0.25) is 0 Å². The Kier molecular flexibility index (Phi) is 6.88. The highest BCUT2D eigenvalue weighted by molar-refractivity contribution is 5.97. The van der Waals surface area contributed by atoms with Gasteiger partial charge in [0.05, 0.1) is 5.56 Å². The van der Waals surface area contributed by atoms with Crippen LogP contribution in [0.1, 0.15) is 28.5 Å². The zero-order valence-electron chi connectivity index (χ0n) is 16.9. The predicted molar refractivity (Wildman–Crippen MR) is 108 cm³/mol. The Morgan fingerprint density at radius 3 is 2.31 bits per heavy atom. The van der Waals surface area contributed by atoms with Gasteiger partial charge >= 0.3 is 6.18 Å². The van der Waals surface area contributed by atoms with Crippen LogP contribution in [0.3, 0.4) is 0 Å². The zero-order valence-corrected chi connectivity index (χ0v) is 16.9. The summed E-state index contributed by atoms with van der Waals surface area (Å²) in [6.07, 6.45) is -5.43. The number of hydrogen-bond donors (Lipinski definition) is 1. The number of halogens is 5. The van der Waals surface area contributed by atoms with Crippen molar-refractivity contribution >= 4 is 11.6 Å². The summed E-state index contributed by atoms with van der Waals surface area (Å²) in [6.45, 7) is 1.46. The number of pyridine rings is 1. The number of benzene rings is 2. The van der Waals surface area contributed by atoms with E-state index in [0.29, 0.717) is 11.8 Å². The maximum Gasteiger partial charge on any atom is 0.417 e. The third-order valence-electron chi connectivity index (χ3n) is 4.90. The summed E-state index contributed by atoms with van der Waals surface area (Å²) >= 11 is 0. The summed E-state index contributed by atoms with van der Waals surface area (Å²) in [6, 6.07) is 10.9. The molecule has 0 aliphatic rings. The minimum atomic E-state index is -4.52. The number of carbonyl (C=O) groups excluding carboxylic acids is 1. The second kappa shape index (κ2) is 9.44. The van der Waals surface area contributed by atoms with E-state index < -0.39 is 35.4 Å². The number of aryl methyl sites for hydroxylation is 1. The fourth-order valence-electron chi connectivity index (χ4n) is 3.02. The Bertz CT molecular complexity index is 1080. The quantitative estimate of drug-likeness (QED) is 0.538. The summed E-state index contributed by atoms with van der Waals surface area (Å²) < 4.78 is 65.5. The third kappa shape index (κ3) is 5.47. The molecule has 32 heavy (non-hydrogen) atoms. The number of hydrogen-bond acceptors (Lipinski definition) is 3. The van der Waals surface area contributed by atoms with Crippen molar-refractivity contribution in [3.8, 4) is 0 Å². The molecule has 0 fully saturated rings. The Morgan fingerprint density at radius 1 is 1.06 bits per heavy atom. The van der Waals surface area contributed by atoms with E-state index in [4.69, 9.17) is 0 Å². The topological polar surface area (TPSA) is 53.4 Å². The summed E-state index contributed by atoms with van der Waals surface area (Å²) in [5.41, 5.74) is 0.0265. The lowest BCUT2D eigenvalue weighted by atomic mass is 10.1. The van der Waals surface area contributed by atoms with Gasteiger partial charge in [0.25, 0.3) is 5.91 Å². The van der Waals surface area contributed by atoms with E-state index in [9.17, 15) is 31.9 Å². The van der Waals surface area contributed by atoms with Crippen molar-refractivity contribution in [1.82, 2.24) is 4.98 Å². The molecule has 168 valence electrons. The molecule has 1 atom stereocenters. The Labute approximate surface area is 180 Å². The van der Waals surface area contributed by atoms with Gasteiger partial charge in [-0.1, -0.05) is 18.2 Å². The SMILES string of the molecule is Cc1ccc(N(CCc2ccc(C(F)(F)F)cn2)C(=O)[C@@H](O)c2ccc(F)cc2)cc1F. The van der Waals surface area contributed by atoms with Crippen molar-refractivity contribution in [3.63, 3.8) is 0 Å². The molecule has 0 bridgehead atoms. The fourth-order valence-corrected chi connectivity index (χ4v) is 3.02. The van der Waals surface area contributed by atoms with Crippen LogP contribution in [0, 0.1) is 18.6 Å². The number of alkyl halides is 3. The molecule has 4 nitrogen and oxygen atoms in total. The summed E-state index contributed by atoms with van der Waals surface area (Å²) in [4.78, 5) is 17.9. The van der Waals surface area contributed by atoms with E-state index in [2.05, 4.69) is 4.98 Å². The van der Waals surface area contributed by atoms with Crippen molar-refractivity contribution in [2.45, 2.75) is 25.6 Å². The van der Waals surface area contributed by atoms with E-state index in [1.54, 1.807) is 6.92 Å². The standard InChI is InChI=1S/C23H19F5N2O2/c1-14-2-9-19(12-20(14)25)30(22(32)21(31)15-3-6-17(24)7-4-15)11-10-18-8-5-16(13-29-18)23(26,27)28/h2-9,12-13,21,31H,10-11H2,1H3/t21-/m0/s1. The molecule has 0 saturated heterocycles. The first-order valence-corrected chi connectivity index (χ1v) is 9.59. The van der Waals surface area contributed by atoms with Gasteiger partial charge in [-0.15, -0.1) is 0 Å². The molecule has 1 aromatic heterocycles. The van der Waals surface area contributed by atoms with Crippen molar-refractivity contribution in [1.29, 1.82) is 0 Å². The molecule has 0 aliphatic heterocycles. The largest absolute Gasteiger partial charge is 0.417 e. The smallest absolute Gasteiger partial charge is 0.378 e. The van der Waals surface area contributed by atoms with E-state index in [1.807, 2.05) is 0 Å². The molecule has 3 rings (SSSR count). The highest BCUT2D eigenvalue weighted by Gasteiger charge is 2.31. The number of aliphatic hydroxyl groups excluding tert-OH is 1. The molecule has 1 heterocycles. The van der Waals surface area contributed by atoms with Crippen molar-refractivity contribution in [3.05, 3.63) is 94.8 Å². The van der Waals surface area contributed by atoms with Gasteiger partial charge in [0, 0.05) is 30.5 Å². The van der Waals surface area contributed by atoms with Gasteiger partial charge in [-0.05, 0) is 54.4 Å². The molecule has 1 amide bonds. The van der Waals surface area contributed by atoms with Crippen LogP contribution in [0.5, 0.6) is 0 Å². The summed E-state index contributed by atoms with van der Waals surface area (Å²) in [7, 11) is 0. The molecule has 1 N–H and O–H groups in total. The minimum Gasteiger partial charge on any atom is -0.378 e. The highest BCUT2D eigenvalue weighted by atomic mass is 19.4. The van der Waals surface area contributed by atoms with E-state index in [1.165, 1.54) is 30.3 Å². The molecule has 0 saturated carbocycles. The number of rotatable bonds is 6. The lowest BCUT2D eigenvalue weighted by molar-refractivity contribution is -0.137. The van der Waals surface area contributed by atoms with Gasteiger partial charge < -0.3 is 10.0 Å². The first-order valence-electron chi connectivity index (χ1n) is 9.59. The number of aliphatic hydroxyl groups is 1. The Hall–Kier alpha value is -3.33. The lowest BCUT2D eigenvalue weighted by Gasteiger charge is -2.26. The van der Waals surface area contributed by atoms with Crippen LogP contribution in [0.2, 0.25) is 0 Å². The molecular weight excluding hydrogens is 431 g/mol. The maximum atomic E-state index is 14.1. The predicted octanol–water partition coefficient (Wildman–Crippen LogP) is 5.00. The van der Waals surface area contributed by atoms with Crippen LogP contribution >= 0.6 is 0 Å². The summed E-state index contributed by atoms with van der Waals surface area (Å²) in [5.74, 6) is -1.91. The second-order valence-electron chi connectivity index (χ2n) is 7.16. The summed E-state index contributed by atoms with van der Waals surface area (Å²) in [5, 5.41) is 10.5. The second-order valence-corrected chi connectivity index (χ2v) is 7.16. The molecule has 2 aromatic carbocycles. The number of aromatic nitrogens is 1. The van der Waals surface area contributed by atoms with Gasteiger partial charge in [-0.3, -0.25) is 9.78 Å². The highest BCUT2D eigenvalue weighted by Crippen LogP contribution is 2.29. The first kappa shape index (κ1) is 23.3. The molecular formula is C23H19F5N2O2. The number of anilines is 1. The van der Waals surface area contributed by atoms with E-state index in [0.717, 1.165) is 29.2 Å². The number of amides is 1. The third-order valence-corrected chi connectivity index (χ3v) is 4.90. The molecule has 0 radical (unpaired) electrons. The maximum absolute atomic E-state index is 14.1. The average molecular weight is 450 g/mol. The monoisotopic (exact) mass is 450 g/mol. The first-order chi connectivity index (χ1) is 15.1. The fraction of sp³-hybridized carbons (Fsp3) is 0.217. The molecule has 9 heteroatoms. The molecule has 0 spiro atoms. The lowest BCUT2D eigenvalue weighted by Crippen LogP contribution is -2.37. The van der Waals surface area contributed by atoms with Crippen molar-refractivity contribution < 1.29 is 31.9 Å². The van der Waals surface area contributed by atoms with Crippen molar-refractivity contribution in [2.75, 3.05) is 11.4 Å². The van der Waals surface area contributed by atoms with E-state index in [-0.39, 0.29) is 29.9 Å². The molecule has 0 aliphatic carbocycles. The minimum absolute atomic E-state index is 0.0511. The van der Waals surface area contributed by atoms with Crippen LogP contribution < -0.4 is 4.90 Å². The Morgan fingerprint density at radius 2 is 1.75 bits per heavy atom. The normalized spacial score (nSPS) is 12.5. The zero-order chi connectivity index (χ0) is 23.5.